The van der Waals surface area contributed by atoms with E-state index in [4.69, 9.17) is 9.84 Å². The maximum absolute atomic E-state index is 13.6. The molecule has 1 saturated heterocycles. The Balaban J connectivity index is 1.51. The number of likely N-dealkylation sites (tertiary alicyclic amines) is 1. The first-order chi connectivity index (χ1) is 17.0. The summed E-state index contributed by atoms with van der Waals surface area (Å²) in [6.45, 7) is 4.22. The summed E-state index contributed by atoms with van der Waals surface area (Å²) in [5.41, 5.74) is 3.69. The molecule has 4 rings (SSSR count). The number of halogens is 1. The quantitative estimate of drug-likeness (QED) is 0.497. The first kappa shape index (κ1) is 24.6. The van der Waals surface area contributed by atoms with E-state index in [9.17, 15) is 14.0 Å². The van der Waals surface area contributed by atoms with Gasteiger partial charge in [0.1, 0.15) is 11.5 Å². The summed E-state index contributed by atoms with van der Waals surface area (Å²) in [6.07, 6.45) is 3.72. The van der Waals surface area contributed by atoms with Gasteiger partial charge in [0.25, 0.3) is 5.91 Å². The highest BCUT2D eigenvalue weighted by atomic mass is 19.1. The van der Waals surface area contributed by atoms with Crippen molar-refractivity contribution in [3.8, 4) is 16.9 Å². The van der Waals surface area contributed by atoms with Crippen molar-refractivity contribution in [1.82, 2.24) is 20.0 Å². The van der Waals surface area contributed by atoms with Gasteiger partial charge in [0.2, 0.25) is 5.91 Å². The fourth-order valence-electron chi connectivity index (χ4n) is 4.27. The van der Waals surface area contributed by atoms with Crippen LogP contribution in [0.25, 0.3) is 16.9 Å². The Kier molecular flexibility index (Phi) is 7.92. The molecule has 1 fully saturated rings. The van der Waals surface area contributed by atoms with Crippen LogP contribution in [-0.4, -0.2) is 59.8 Å². The topological polar surface area (TPSA) is 76.5 Å². The number of benzene rings is 2. The van der Waals surface area contributed by atoms with Crippen LogP contribution in [0.4, 0.5) is 4.39 Å². The summed E-state index contributed by atoms with van der Waals surface area (Å²) in [5.74, 6) is -0.507. The number of aryl methyl sites for hydroxylation is 1. The zero-order valence-electron chi connectivity index (χ0n) is 20.2. The number of hydrogen-bond donors (Lipinski definition) is 1. The normalized spacial score (nSPS) is 14.2. The molecule has 0 radical (unpaired) electrons. The molecule has 2 aromatic carbocycles. The molecule has 2 amide bonds. The molecule has 0 aliphatic carbocycles. The first-order valence-corrected chi connectivity index (χ1v) is 11.9. The van der Waals surface area contributed by atoms with Gasteiger partial charge in [-0.1, -0.05) is 29.8 Å². The molecule has 1 aromatic heterocycles. The van der Waals surface area contributed by atoms with Gasteiger partial charge in [0.15, 0.2) is 0 Å². The third kappa shape index (κ3) is 5.95. The smallest absolute Gasteiger partial charge is 0.257 e. The van der Waals surface area contributed by atoms with Gasteiger partial charge in [0.05, 0.1) is 11.3 Å². The van der Waals surface area contributed by atoms with Crippen molar-refractivity contribution in [2.24, 2.45) is 5.92 Å². The number of aromatic nitrogens is 2. The molecule has 0 saturated carbocycles. The SMILES string of the molecule is COCCCNC(=O)C1CCN(C(=O)c2cn(-c3ccc(F)cc3)nc2-c2ccc(C)cc2)CC1. The van der Waals surface area contributed by atoms with E-state index in [1.807, 2.05) is 31.2 Å². The lowest BCUT2D eigenvalue weighted by Crippen LogP contribution is -2.43. The lowest BCUT2D eigenvalue weighted by Gasteiger charge is -2.31. The second kappa shape index (κ2) is 11.3. The molecule has 0 spiro atoms. The van der Waals surface area contributed by atoms with Crippen LogP contribution in [0.15, 0.2) is 54.7 Å². The number of nitrogens with one attached hydrogen (secondary N) is 1. The zero-order chi connectivity index (χ0) is 24.8. The predicted octanol–water partition coefficient (Wildman–Crippen LogP) is 3.99. The highest BCUT2D eigenvalue weighted by Gasteiger charge is 2.30. The molecule has 35 heavy (non-hydrogen) atoms. The highest BCUT2D eigenvalue weighted by Crippen LogP contribution is 2.27. The minimum Gasteiger partial charge on any atom is -0.385 e. The van der Waals surface area contributed by atoms with E-state index in [-0.39, 0.29) is 23.5 Å². The van der Waals surface area contributed by atoms with Crippen molar-refractivity contribution in [3.05, 3.63) is 71.7 Å². The Morgan fingerprint density at radius 2 is 1.77 bits per heavy atom. The number of methoxy groups -OCH3 is 1. The van der Waals surface area contributed by atoms with Crippen LogP contribution in [0.5, 0.6) is 0 Å². The highest BCUT2D eigenvalue weighted by molar-refractivity contribution is 6.00. The predicted molar refractivity (Wildman–Crippen MR) is 132 cm³/mol. The Labute approximate surface area is 204 Å². The average Bonchev–Trinajstić information content (AvgIpc) is 3.32. The molecule has 0 unspecified atom stereocenters. The number of amides is 2. The van der Waals surface area contributed by atoms with Crippen LogP contribution < -0.4 is 5.32 Å². The van der Waals surface area contributed by atoms with Gasteiger partial charge in [0, 0.05) is 51.0 Å². The minimum absolute atomic E-state index is 0.0395. The van der Waals surface area contributed by atoms with Gasteiger partial charge >= 0.3 is 0 Å². The van der Waals surface area contributed by atoms with Gasteiger partial charge in [-0.05, 0) is 50.5 Å². The number of piperidine rings is 1. The molecule has 1 aliphatic heterocycles. The Morgan fingerprint density at radius 3 is 2.43 bits per heavy atom. The second-order valence-electron chi connectivity index (χ2n) is 8.88. The average molecular weight is 479 g/mol. The third-order valence-corrected chi connectivity index (χ3v) is 6.34. The minimum atomic E-state index is -0.332. The van der Waals surface area contributed by atoms with Crippen molar-refractivity contribution in [3.63, 3.8) is 0 Å². The Bertz CT molecular complexity index is 1150. The van der Waals surface area contributed by atoms with Crippen LogP contribution in [-0.2, 0) is 9.53 Å². The van der Waals surface area contributed by atoms with Crippen molar-refractivity contribution in [2.45, 2.75) is 26.2 Å². The summed E-state index contributed by atoms with van der Waals surface area (Å²) in [5, 5.41) is 7.65. The largest absolute Gasteiger partial charge is 0.385 e. The summed E-state index contributed by atoms with van der Waals surface area (Å²) in [6, 6.07) is 13.9. The molecule has 8 heteroatoms. The summed E-state index contributed by atoms with van der Waals surface area (Å²) in [4.78, 5) is 27.8. The molecule has 0 bridgehead atoms. The van der Waals surface area contributed by atoms with E-state index in [1.165, 1.54) is 12.1 Å². The van der Waals surface area contributed by atoms with E-state index < -0.39 is 0 Å². The maximum Gasteiger partial charge on any atom is 0.257 e. The number of ether oxygens (including phenoxy) is 1. The molecule has 0 atom stereocenters. The van der Waals surface area contributed by atoms with Crippen LogP contribution in [0.1, 0.15) is 35.2 Å². The fourth-order valence-corrected chi connectivity index (χ4v) is 4.27. The number of rotatable bonds is 8. The van der Waals surface area contributed by atoms with Gasteiger partial charge in [-0.25, -0.2) is 9.07 Å². The Morgan fingerprint density at radius 1 is 1.09 bits per heavy atom. The van der Waals surface area contributed by atoms with Crippen molar-refractivity contribution < 1.29 is 18.7 Å². The molecule has 2 heterocycles. The standard InChI is InChI=1S/C27H31FN4O3/c1-19-4-6-20(7-5-19)25-24(18-32(30-25)23-10-8-22(28)9-11-23)27(34)31-15-12-21(13-16-31)26(33)29-14-3-17-35-2/h4-11,18,21H,3,12-17H2,1-2H3,(H,29,33). The Hall–Kier alpha value is -3.52. The van der Waals surface area contributed by atoms with Crippen LogP contribution >= 0.6 is 0 Å². The van der Waals surface area contributed by atoms with Crippen LogP contribution in [0.3, 0.4) is 0 Å². The number of hydrogen-bond acceptors (Lipinski definition) is 4. The molecule has 7 nitrogen and oxygen atoms in total. The van der Waals surface area contributed by atoms with Gasteiger partial charge in [-0.15, -0.1) is 0 Å². The van der Waals surface area contributed by atoms with E-state index in [0.29, 0.717) is 56.0 Å². The third-order valence-electron chi connectivity index (χ3n) is 6.34. The molecule has 3 aromatic rings. The second-order valence-corrected chi connectivity index (χ2v) is 8.88. The summed E-state index contributed by atoms with van der Waals surface area (Å²) < 4.78 is 20.1. The van der Waals surface area contributed by atoms with E-state index in [0.717, 1.165) is 17.5 Å². The van der Waals surface area contributed by atoms with Crippen molar-refractivity contribution in [2.75, 3.05) is 33.4 Å². The zero-order valence-corrected chi connectivity index (χ0v) is 20.2. The summed E-state index contributed by atoms with van der Waals surface area (Å²) >= 11 is 0. The van der Waals surface area contributed by atoms with Crippen molar-refractivity contribution in [1.29, 1.82) is 0 Å². The fraction of sp³-hybridized carbons (Fsp3) is 0.370. The van der Waals surface area contributed by atoms with Gasteiger partial charge in [-0.3, -0.25) is 9.59 Å². The van der Waals surface area contributed by atoms with Crippen molar-refractivity contribution >= 4 is 11.8 Å². The monoisotopic (exact) mass is 478 g/mol. The number of carbonyl (C=O) groups is 2. The maximum atomic E-state index is 13.6. The molecular formula is C27H31FN4O3. The lowest BCUT2D eigenvalue weighted by molar-refractivity contribution is -0.126. The summed E-state index contributed by atoms with van der Waals surface area (Å²) in [7, 11) is 1.64. The van der Waals surface area contributed by atoms with E-state index >= 15 is 0 Å². The van der Waals surface area contributed by atoms with Gasteiger partial charge < -0.3 is 15.0 Å². The number of nitrogens with zero attached hydrogens (tertiary/aromatic N) is 3. The molecule has 184 valence electrons. The van der Waals surface area contributed by atoms with Gasteiger partial charge in [-0.2, -0.15) is 5.10 Å². The molecule has 1 aliphatic rings. The van der Waals surface area contributed by atoms with Crippen LogP contribution in [0.2, 0.25) is 0 Å². The molecule has 1 N–H and O–H groups in total. The number of carbonyl (C=O) groups excluding carboxylic acids is 2. The van der Waals surface area contributed by atoms with Crippen LogP contribution in [0, 0.1) is 18.7 Å². The van der Waals surface area contributed by atoms with E-state index in [1.54, 1.807) is 35.0 Å². The first-order valence-electron chi connectivity index (χ1n) is 11.9. The molecular weight excluding hydrogens is 447 g/mol. The lowest BCUT2D eigenvalue weighted by atomic mass is 9.95. The van der Waals surface area contributed by atoms with E-state index in [2.05, 4.69) is 5.32 Å².